The molecule has 114 valence electrons. The molecule has 2 atom stereocenters. The molecule has 0 amide bonds. The minimum Gasteiger partial charge on any atom is -0.374 e. The fraction of sp³-hybridized carbons (Fsp3) is 0.600. The first-order chi connectivity index (χ1) is 10.2. The van der Waals surface area contributed by atoms with Crippen molar-refractivity contribution in [2.75, 3.05) is 18.1 Å². The summed E-state index contributed by atoms with van der Waals surface area (Å²) in [6.07, 6.45) is 4.64. The van der Waals surface area contributed by atoms with Gasteiger partial charge in [0.15, 0.2) is 0 Å². The molecule has 1 aliphatic heterocycles. The lowest BCUT2D eigenvalue weighted by atomic mass is 9.89. The summed E-state index contributed by atoms with van der Waals surface area (Å²) in [7, 11) is 0. The van der Waals surface area contributed by atoms with Gasteiger partial charge in [0.1, 0.15) is 5.69 Å². The number of alkyl halides is 1. The molecule has 1 aromatic carbocycles. The predicted molar refractivity (Wildman–Crippen MR) is 82.0 cm³/mol. The van der Waals surface area contributed by atoms with Crippen LogP contribution < -0.4 is 4.90 Å². The Morgan fingerprint density at radius 3 is 2.95 bits per heavy atom. The molecule has 1 heterocycles. The average Bonchev–Trinajstić information content (AvgIpc) is 2.53. The van der Waals surface area contributed by atoms with Gasteiger partial charge in [-0.3, -0.25) is 10.1 Å². The first-order valence-electron chi connectivity index (χ1n) is 7.42. The Balaban J connectivity index is 1.96. The topological polar surface area (TPSA) is 55.6 Å². The summed E-state index contributed by atoms with van der Waals surface area (Å²) in [5.74, 6) is 0.288. The van der Waals surface area contributed by atoms with Gasteiger partial charge in [-0.15, -0.1) is 11.6 Å². The van der Waals surface area contributed by atoms with Gasteiger partial charge >= 0.3 is 0 Å². The van der Waals surface area contributed by atoms with Crippen molar-refractivity contribution >= 4 is 23.0 Å². The van der Waals surface area contributed by atoms with Crippen LogP contribution in [0.4, 0.5) is 11.4 Å². The van der Waals surface area contributed by atoms with Crippen LogP contribution in [0.2, 0.25) is 0 Å². The van der Waals surface area contributed by atoms with E-state index in [1.54, 1.807) is 6.07 Å². The van der Waals surface area contributed by atoms with Gasteiger partial charge in [-0.2, -0.15) is 0 Å². The molecule has 2 aliphatic rings. The number of nitro benzene ring substituents is 1. The lowest BCUT2D eigenvalue weighted by Crippen LogP contribution is -2.53. The number of morpholine rings is 1. The van der Waals surface area contributed by atoms with E-state index < -0.39 is 0 Å². The highest BCUT2D eigenvalue weighted by Crippen LogP contribution is 2.37. The number of fused-ring (bicyclic) bond motifs is 1. The highest BCUT2D eigenvalue weighted by molar-refractivity contribution is 6.17. The van der Waals surface area contributed by atoms with Crippen LogP contribution in [0.5, 0.6) is 0 Å². The van der Waals surface area contributed by atoms with Crippen LogP contribution in [-0.4, -0.2) is 30.2 Å². The van der Waals surface area contributed by atoms with Crippen molar-refractivity contribution in [3.8, 4) is 0 Å². The molecule has 1 saturated carbocycles. The third-order valence-corrected chi connectivity index (χ3v) is 4.74. The summed E-state index contributed by atoms with van der Waals surface area (Å²) in [5.41, 5.74) is 1.63. The Morgan fingerprint density at radius 2 is 2.19 bits per heavy atom. The van der Waals surface area contributed by atoms with Crippen LogP contribution in [0.3, 0.4) is 0 Å². The number of anilines is 1. The van der Waals surface area contributed by atoms with E-state index in [-0.39, 0.29) is 28.6 Å². The summed E-state index contributed by atoms with van der Waals surface area (Å²) >= 11 is 5.80. The molecule has 2 unspecified atom stereocenters. The molecule has 0 radical (unpaired) electrons. The third kappa shape index (κ3) is 2.85. The number of halogens is 1. The molecular formula is C15H19ClN2O3. The molecule has 6 heteroatoms. The Hall–Kier alpha value is -1.33. The normalized spacial score (nSPS) is 25.5. The van der Waals surface area contributed by atoms with Gasteiger partial charge in [0.2, 0.25) is 0 Å². The molecule has 0 spiro atoms. The second kappa shape index (κ2) is 6.20. The van der Waals surface area contributed by atoms with Gasteiger partial charge in [0.05, 0.1) is 23.7 Å². The fourth-order valence-electron chi connectivity index (χ4n) is 3.44. The van der Waals surface area contributed by atoms with Crippen molar-refractivity contribution in [3.63, 3.8) is 0 Å². The highest BCUT2D eigenvalue weighted by Gasteiger charge is 2.36. The van der Waals surface area contributed by atoms with Gasteiger partial charge < -0.3 is 9.64 Å². The minimum absolute atomic E-state index is 0.152. The van der Waals surface area contributed by atoms with E-state index >= 15 is 0 Å². The molecule has 0 bridgehead atoms. The van der Waals surface area contributed by atoms with Crippen molar-refractivity contribution in [2.45, 2.75) is 43.7 Å². The molecule has 3 rings (SSSR count). The van der Waals surface area contributed by atoms with Gasteiger partial charge in [-0.25, -0.2) is 0 Å². The number of nitrogens with zero attached hydrogens (tertiary/aromatic N) is 2. The van der Waals surface area contributed by atoms with Crippen LogP contribution >= 0.6 is 11.6 Å². The molecule has 21 heavy (non-hydrogen) atoms. The quantitative estimate of drug-likeness (QED) is 0.487. The molecule has 5 nitrogen and oxygen atoms in total. The van der Waals surface area contributed by atoms with Crippen molar-refractivity contribution < 1.29 is 9.66 Å². The van der Waals surface area contributed by atoms with Crippen LogP contribution in [0.15, 0.2) is 18.2 Å². The molecule has 1 saturated heterocycles. The van der Waals surface area contributed by atoms with Crippen LogP contribution in [0.25, 0.3) is 0 Å². The number of rotatable bonds is 3. The van der Waals surface area contributed by atoms with Crippen LogP contribution in [0.1, 0.15) is 31.2 Å². The van der Waals surface area contributed by atoms with Gasteiger partial charge in [-0.1, -0.05) is 18.9 Å². The second-order valence-corrected chi connectivity index (χ2v) is 5.94. The maximum atomic E-state index is 11.4. The van der Waals surface area contributed by atoms with Gasteiger partial charge in [0, 0.05) is 18.5 Å². The number of hydrogen-bond donors (Lipinski definition) is 0. The molecule has 0 N–H and O–H groups in total. The average molecular weight is 311 g/mol. The largest absolute Gasteiger partial charge is 0.374 e. The Bertz CT molecular complexity index is 536. The summed E-state index contributed by atoms with van der Waals surface area (Å²) in [6, 6.07) is 5.57. The minimum atomic E-state index is -0.307. The number of ether oxygens (including phenoxy) is 1. The summed E-state index contributed by atoms with van der Waals surface area (Å²) in [4.78, 5) is 13.3. The molecule has 1 aromatic rings. The lowest BCUT2D eigenvalue weighted by Gasteiger charge is -2.44. The zero-order valence-corrected chi connectivity index (χ0v) is 12.6. The van der Waals surface area contributed by atoms with E-state index in [9.17, 15) is 10.1 Å². The zero-order chi connectivity index (χ0) is 14.8. The van der Waals surface area contributed by atoms with Crippen molar-refractivity contribution in [1.29, 1.82) is 0 Å². The van der Waals surface area contributed by atoms with E-state index in [2.05, 4.69) is 4.90 Å². The summed E-state index contributed by atoms with van der Waals surface area (Å²) < 4.78 is 5.85. The Labute approximate surface area is 129 Å². The predicted octanol–water partition coefficient (Wildman–Crippen LogP) is 3.48. The maximum Gasteiger partial charge on any atom is 0.292 e. The lowest BCUT2D eigenvalue weighted by molar-refractivity contribution is -0.384. The van der Waals surface area contributed by atoms with Crippen molar-refractivity contribution in [3.05, 3.63) is 33.9 Å². The SMILES string of the molecule is O=[N+]([O-])c1cc(CCl)ccc1N1CCOC2CCCCC21. The van der Waals surface area contributed by atoms with E-state index in [1.807, 2.05) is 12.1 Å². The van der Waals surface area contributed by atoms with Gasteiger partial charge in [-0.05, 0) is 24.5 Å². The van der Waals surface area contributed by atoms with E-state index in [1.165, 1.54) is 6.42 Å². The van der Waals surface area contributed by atoms with E-state index in [0.29, 0.717) is 18.8 Å². The summed E-state index contributed by atoms with van der Waals surface area (Å²) in [6.45, 7) is 1.35. The Kier molecular flexibility index (Phi) is 4.31. The highest BCUT2D eigenvalue weighted by atomic mass is 35.5. The Morgan fingerprint density at radius 1 is 1.38 bits per heavy atom. The van der Waals surface area contributed by atoms with Crippen molar-refractivity contribution in [1.82, 2.24) is 0 Å². The summed E-state index contributed by atoms with van der Waals surface area (Å²) in [5, 5.41) is 11.4. The fourth-order valence-corrected chi connectivity index (χ4v) is 3.60. The molecular weight excluding hydrogens is 292 g/mol. The standard InChI is InChI=1S/C15H19ClN2O3/c16-10-11-5-6-12(14(9-11)18(19)20)17-7-8-21-15-4-2-1-3-13(15)17/h5-6,9,13,15H,1-4,7-8,10H2. The third-order valence-electron chi connectivity index (χ3n) is 4.43. The number of benzene rings is 1. The molecule has 2 fully saturated rings. The zero-order valence-electron chi connectivity index (χ0n) is 11.8. The van der Waals surface area contributed by atoms with E-state index in [4.69, 9.17) is 16.3 Å². The first kappa shape index (κ1) is 14.6. The van der Waals surface area contributed by atoms with Crippen LogP contribution in [-0.2, 0) is 10.6 Å². The molecule has 1 aliphatic carbocycles. The molecule has 0 aromatic heterocycles. The maximum absolute atomic E-state index is 11.4. The number of nitro groups is 1. The second-order valence-electron chi connectivity index (χ2n) is 5.67. The van der Waals surface area contributed by atoms with Crippen LogP contribution in [0, 0.1) is 10.1 Å². The van der Waals surface area contributed by atoms with Crippen molar-refractivity contribution in [2.24, 2.45) is 0 Å². The van der Waals surface area contributed by atoms with Gasteiger partial charge in [0.25, 0.3) is 5.69 Å². The first-order valence-corrected chi connectivity index (χ1v) is 7.95. The number of hydrogen-bond acceptors (Lipinski definition) is 4. The monoisotopic (exact) mass is 310 g/mol. The van der Waals surface area contributed by atoms with E-state index in [0.717, 1.165) is 24.8 Å². The smallest absolute Gasteiger partial charge is 0.292 e.